The summed E-state index contributed by atoms with van der Waals surface area (Å²) in [5.41, 5.74) is 0.836. The molecule has 2 rings (SSSR count). The first kappa shape index (κ1) is 14.4. The van der Waals surface area contributed by atoms with Crippen molar-refractivity contribution >= 4 is 40.6 Å². The first-order valence-corrected chi connectivity index (χ1v) is 7.44. The number of nitrogens with one attached hydrogen (secondary N) is 1. The van der Waals surface area contributed by atoms with Gasteiger partial charge in [-0.2, -0.15) is 0 Å². The summed E-state index contributed by atoms with van der Waals surface area (Å²) >= 11 is 2.78. The highest BCUT2D eigenvalue weighted by Gasteiger charge is 2.09. The lowest BCUT2D eigenvalue weighted by Gasteiger charge is -2.00. The fraction of sp³-hybridized carbons (Fsp3) is 0.154. The SMILES string of the molecule is Cc1nc(CNC(=O)c2ccc(C=CC(=O)O)s2)cs1. The summed E-state index contributed by atoms with van der Waals surface area (Å²) in [4.78, 5) is 27.8. The van der Waals surface area contributed by atoms with Gasteiger partial charge in [-0.25, -0.2) is 9.78 Å². The molecule has 0 atom stereocenters. The highest BCUT2D eigenvalue weighted by molar-refractivity contribution is 7.14. The smallest absolute Gasteiger partial charge is 0.328 e. The molecule has 2 N–H and O–H groups in total. The van der Waals surface area contributed by atoms with Crippen LogP contribution in [-0.2, 0) is 11.3 Å². The molecule has 2 heterocycles. The van der Waals surface area contributed by atoms with Crippen LogP contribution in [-0.4, -0.2) is 22.0 Å². The number of carbonyl (C=O) groups excluding carboxylic acids is 1. The summed E-state index contributed by atoms with van der Waals surface area (Å²) < 4.78 is 0. The summed E-state index contributed by atoms with van der Waals surface area (Å²) in [6.07, 6.45) is 2.51. The molecule has 0 unspecified atom stereocenters. The lowest BCUT2D eigenvalue weighted by molar-refractivity contribution is -0.131. The molecule has 0 spiro atoms. The average Bonchev–Trinajstić information content (AvgIpc) is 3.02. The molecule has 0 fully saturated rings. The lowest BCUT2D eigenvalue weighted by atomic mass is 10.3. The van der Waals surface area contributed by atoms with Gasteiger partial charge in [0.1, 0.15) is 0 Å². The summed E-state index contributed by atoms with van der Waals surface area (Å²) in [5.74, 6) is -1.20. The Balaban J connectivity index is 1.94. The molecule has 0 bridgehead atoms. The van der Waals surface area contributed by atoms with E-state index >= 15 is 0 Å². The van der Waals surface area contributed by atoms with Crippen molar-refractivity contribution in [2.24, 2.45) is 0 Å². The van der Waals surface area contributed by atoms with Crippen molar-refractivity contribution in [3.8, 4) is 0 Å². The van der Waals surface area contributed by atoms with Crippen molar-refractivity contribution < 1.29 is 14.7 Å². The minimum Gasteiger partial charge on any atom is -0.478 e. The molecule has 2 aromatic heterocycles. The van der Waals surface area contributed by atoms with Crippen molar-refractivity contribution in [1.29, 1.82) is 0 Å². The molecular weight excluding hydrogens is 296 g/mol. The van der Waals surface area contributed by atoms with Gasteiger partial charge in [0.2, 0.25) is 0 Å². The molecule has 0 aliphatic rings. The third-order valence-corrected chi connectivity index (χ3v) is 4.21. The predicted molar refractivity (Wildman–Crippen MR) is 79.0 cm³/mol. The van der Waals surface area contributed by atoms with Gasteiger partial charge >= 0.3 is 5.97 Å². The Morgan fingerprint density at radius 2 is 2.25 bits per heavy atom. The van der Waals surface area contributed by atoms with E-state index in [-0.39, 0.29) is 5.91 Å². The standard InChI is InChI=1S/C13H12N2O3S2/c1-8-15-9(7-19-8)6-14-13(18)11-4-2-10(20-11)3-5-12(16)17/h2-5,7H,6H2,1H3,(H,14,18)(H,16,17). The molecule has 1 amide bonds. The summed E-state index contributed by atoms with van der Waals surface area (Å²) in [6, 6.07) is 3.39. The maximum Gasteiger partial charge on any atom is 0.328 e. The van der Waals surface area contributed by atoms with Crippen molar-refractivity contribution in [3.05, 3.63) is 44.0 Å². The average molecular weight is 308 g/mol. The second kappa shape index (κ2) is 6.44. The Labute approximate surface area is 123 Å². The monoisotopic (exact) mass is 308 g/mol. The van der Waals surface area contributed by atoms with E-state index in [2.05, 4.69) is 10.3 Å². The minimum absolute atomic E-state index is 0.185. The van der Waals surface area contributed by atoms with E-state index in [9.17, 15) is 9.59 Å². The zero-order valence-electron chi connectivity index (χ0n) is 10.6. The number of nitrogens with zero attached hydrogens (tertiary/aromatic N) is 1. The van der Waals surface area contributed by atoms with Crippen LogP contribution >= 0.6 is 22.7 Å². The molecule has 0 saturated heterocycles. The first-order chi connectivity index (χ1) is 9.54. The predicted octanol–water partition coefficient (Wildman–Crippen LogP) is 2.54. The van der Waals surface area contributed by atoms with E-state index in [1.54, 1.807) is 23.5 Å². The molecule has 7 heteroatoms. The van der Waals surface area contributed by atoms with Crippen LogP contribution in [0.1, 0.15) is 25.3 Å². The highest BCUT2D eigenvalue weighted by Crippen LogP contribution is 2.18. The maximum atomic E-state index is 11.9. The zero-order chi connectivity index (χ0) is 14.5. The number of aliphatic carboxylic acids is 1. The topological polar surface area (TPSA) is 79.3 Å². The third-order valence-electron chi connectivity index (χ3n) is 2.34. The van der Waals surface area contributed by atoms with Gasteiger partial charge in [-0.05, 0) is 25.1 Å². The number of carboxylic acid groups (broad SMARTS) is 1. The van der Waals surface area contributed by atoms with Crippen molar-refractivity contribution in [3.63, 3.8) is 0 Å². The maximum absolute atomic E-state index is 11.9. The Kier molecular flexibility index (Phi) is 4.65. The number of carboxylic acids is 1. The van der Waals surface area contributed by atoms with Crippen molar-refractivity contribution in [2.45, 2.75) is 13.5 Å². The Hall–Kier alpha value is -1.99. The fourth-order valence-corrected chi connectivity index (χ4v) is 2.90. The molecule has 0 saturated carbocycles. The van der Waals surface area contributed by atoms with E-state index < -0.39 is 5.97 Å². The summed E-state index contributed by atoms with van der Waals surface area (Å²) in [5, 5.41) is 14.2. The van der Waals surface area contributed by atoms with Gasteiger partial charge in [-0.3, -0.25) is 4.79 Å². The molecule has 104 valence electrons. The molecule has 2 aromatic rings. The van der Waals surface area contributed by atoms with Crippen LogP contribution in [0.15, 0.2) is 23.6 Å². The molecule has 5 nitrogen and oxygen atoms in total. The Bertz CT molecular complexity index is 658. The number of thiophene rings is 1. The van der Waals surface area contributed by atoms with Crippen LogP contribution in [0.2, 0.25) is 0 Å². The summed E-state index contributed by atoms with van der Waals surface area (Å²) in [6.45, 7) is 2.30. The van der Waals surface area contributed by atoms with Crippen molar-refractivity contribution in [1.82, 2.24) is 10.3 Å². The second-order valence-corrected chi connectivity index (χ2v) is 6.09. The number of aromatic nitrogens is 1. The van der Waals surface area contributed by atoms with E-state index in [0.29, 0.717) is 11.4 Å². The molecule has 0 aliphatic carbocycles. The van der Waals surface area contributed by atoms with Gasteiger partial charge in [-0.1, -0.05) is 0 Å². The minimum atomic E-state index is -1.01. The first-order valence-electron chi connectivity index (χ1n) is 5.74. The molecule has 20 heavy (non-hydrogen) atoms. The Morgan fingerprint density at radius 3 is 2.90 bits per heavy atom. The fourth-order valence-electron chi connectivity index (χ4n) is 1.47. The molecule has 0 aliphatic heterocycles. The van der Waals surface area contributed by atoms with Crippen LogP contribution in [0.5, 0.6) is 0 Å². The number of rotatable bonds is 5. The number of aryl methyl sites for hydroxylation is 1. The largest absolute Gasteiger partial charge is 0.478 e. The van der Waals surface area contributed by atoms with Crippen molar-refractivity contribution in [2.75, 3.05) is 0 Å². The zero-order valence-corrected chi connectivity index (χ0v) is 12.3. The quantitative estimate of drug-likeness (QED) is 0.832. The van der Waals surface area contributed by atoms with E-state index in [1.807, 2.05) is 12.3 Å². The third kappa shape index (κ3) is 4.01. The number of hydrogen-bond acceptors (Lipinski definition) is 5. The van der Waals surface area contributed by atoms with Crippen LogP contribution in [0.25, 0.3) is 6.08 Å². The molecule has 0 radical (unpaired) electrons. The van der Waals surface area contributed by atoms with Crippen LogP contribution in [0.3, 0.4) is 0 Å². The van der Waals surface area contributed by atoms with E-state index in [4.69, 9.17) is 5.11 Å². The van der Waals surface area contributed by atoms with Crippen LogP contribution in [0.4, 0.5) is 0 Å². The number of amides is 1. The number of hydrogen-bond donors (Lipinski definition) is 2. The van der Waals surface area contributed by atoms with Gasteiger partial charge < -0.3 is 10.4 Å². The van der Waals surface area contributed by atoms with Crippen LogP contribution < -0.4 is 5.32 Å². The number of thiazole rings is 1. The second-order valence-electron chi connectivity index (χ2n) is 3.91. The van der Waals surface area contributed by atoms with Gasteiger partial charge in [0, 0.05) is 16.3 Å². The molecular formula is C13H12N2O3S2. The van der Waals surface area contributed by atoms with E-state index in [1.165, 1.54) is 17.4 Å². The van der Waals surface area contributed by atoms with Gasteiger partial charge in [0.05, 0.1) is 22.1 Å². The highest BCUT2D eigenvalue weighted by atomic mass is 32.1. The number of carbonyl (C=O) groups is 2. The van der Waals surface area contributed by atoms with E-state index in [0.717, 1.165) is 21.7 Å². The summed E-state index contributed by atoms with van der Waals surface area (Å²) in [7, 11) is 0. The molecule has 0 aromatic carbocycles. The Morgan fingerprint density at radius 1 is 1.45 bits per heavy atom. The van der Waals surface area contributed by atoms with Gasteiger partial charge in [0.15, 0.2) is 0 Å². The lowest BCUT2D eigenvalue weighted by Crippen LogP contribution is -2.21. The normalized spacial score (nSPS) is 10.8. The van der Waals surface area contributed by atoms with Gasteiger partial charge in [-0.15, -0.1) is 22.7 Å². The van der Waals surface area contributed by atoms with Gasteiger partial charge in [0.25, 0.3) is 5.91 Å². The van der Waals surface area contributed by atoms with Crippen LogP contribution in [0, 0.1) is 6.92 Å².